The molecule has 0 spiro atoms. The third-order valence-corrected chi connectivity index (χ3v) is 4.29. The molecule has 0 aliphatic carbocycles. The number of ether oxygens (including phenoxy) is 2. The van der Waals surface area contributed by atoms with Gasteiger partial charge >= 0.3 is 12.1 Å². The minimum absolute atomic E-state index is 0.177. The first-order chi connectivity index (χ1) is 12.5. The monoisotopic (exact) mass is 364 g/mol. The Morgan fingerprint density at radius 3 is 2.58 bits per heavy atom. The molecule has 1 saturated heterocycles. The second-order valence-corrected chi connectivity index (χ2v) is 6.00. The van der Waals surface area contributed by atoms with Gasteiger partial charge in [-0.05, 0) is 37.5 Å². The summed E-state index contributed by atoms with van der Waals surface area (Å²) < 4.78 is 9.99. The molecule has 0 saturated carbocycles. The second kappa shape index (κ2) is 9.07. The molecule has 1 heterocycles. The van der Waals surface area contributed by atoms with E-state index in [-0.39, 0.29) is 13.0 Å². The van der Waals surface area contributed by atoms with Gasteiger partial charge in [-0.25, -0.2) is 9.59 Å². The molecule has 142 valence electrons. The van der Waals surface area contributed by atoms with Crippen LogP contribution in [0.4, 0.5) is 4.79 Å². The van der Waals surface area contributed by atoms with Crippen LogP contribution < -0.4 is 10.1 Å². The van der Waals surface area contributed by atoms with E-state index >= 15 is 0 Å². The molecule has 0 radical (unpaired) electrons. The van der Waals surface area contributed by atoms with Crippen LogP contribution in [0.2, 0.25) is 0 Å². The smallest absolute Gasteiger partial charge is 0.407 e. The number of likely N-dealkylation sites (tertiary alicyclic amines) is 1. The molecular formula is C18H24N2O6. The number of amides is 2. The highest BCUT2D eigenvalue weighted by molar-refractivity contribution is 5.90. The number of nitrogens with one attached hydrogen (secondary N) is 1. The lowest BCUT2D eigenvalue weighted by Gasteiger charge is -2.27. The highest BCUT2D eigenvalue weighted by Gasteiger charge is 2.37. The fourth-order valence-corrected chi connectivity index (χ4v) is 3.00. The number of nitrogens with zero attached hydrogens (tertiary/aromatic N) is 1. The lowest BCUT2D eigenvalue weighted by molar-refractivity contribution is -0.148. The molecule has 8 heteroatoms. The molecule has 2 N–H and O–H groups in total. The van der Waals surface area contributed by atoms with Crippen LogP contribution in [0.1, 0.15) is 25.3 Å². The standard InChI is InChI=1S/C18H24N2O6/c1-3-26-18(24)19-14(11-12-6-8-13(25-2)9-7-12)16(21)20-10-4-5-15(20)17(22)23/h6-9,14-15H,3-5,10-11H2,1-2H3,(H,19,24)(H,22,23)/t14-,15+/m1/s1. The Morgan fingerprint density at radius 1 is 1.31 bits per heavy atom. The van der Waals surface area contributed by atoms with Gasteiger partial charge in [-0.2, -0.15) is 0 Å². The van der Waals surface area contributed by atoms with E-state index in [0.29, 0.717) is 25.1 Å². The van der Waals surface area contributed by atoms with E-state index in [1.165, 1.54) is 4.90 Å². The van der Waals surface area contributed by atoms with Crippen molar-refractivity contribution in [2.45, 2.75) is 38.3 Å². The highest BCUT2D eigenvalue weighted by atomic mass is 16.5. The van der Waals surface area contributed by atoms with Crippen molar-refractivity contribution in [3.63, 3.8) is 0 Å². The van der Waals surface area contributed by atoms with Crippen molar-refractivity contribution in [3.05, 3.63) is 29.8 Å². The molecule has 0 bridgehead atoms. The van der Waals surface area contributed by atoms with Crippen LogP contribution in [-0.4, -0.2) is 60.3 Å². The number of benzene rings is 1. The first-order valence-electron chi connectivity index (χ1n) is 8.55. The topological polar surface area (TPSA) is 105 Å². The largest absolute Gasteiger partial charge is 0.497 e. The van der Waals surface area contributed by atoms with Crippen LogP contribution in [0.25, 0.3) is 0 Å². The zero-order valence-corrected chi connectivity index (χ0v) is 14.9. The van der Waals surface area contributed by atoms with Crippen LogP contribution in [0.5, 0.6) is 5.75 Å². The second-order valence-electron chi connectivity index (χ2n) is 6.00. The molecule has 2 rings (SSSR count). The van der Waals surface area contributed by atoms with E-state index in [0.717, 1.165) is 5.56 Å². The molecule has 26 heavy (non-hydrogen) atoms. The van der Waals surface area contributed by atoms with E-state index in [4.69, 9.17) is 9.47 Å². The summed E-state index contributed by atoms with van der Waals surface area (Å²) in [4.78, 5) is 37.4. The Kier molecular flexibility index (Phi) is 6.82. The molecule has 1 aromatic rings. The number of carboxylic acids is 1. The summed E-state index contributed by atoms with van der Waals surface area (Å²) in [6, 6.07) is 5.36. The van der Waals surface area contributed by atoms with Crippen molar-refractivity contribution < 1.29 is 29.0 Å². The number of carbonyl (C=O) groups is 3. The maximum absolute atomic E-state index is 12.9. The number of carbonyl (C=O) groups excluding carboxylic acids is 2. The summed E-state index contributed by atoms with van der Waals surface area (Å²) in [6.07, 6.45) is 0.558. The van der Waals surface area contributed by atoms with Crippen LogP contribution in [0.3, 0.4) is 0 Å². The zero-order valence-electron chi connectivity index (χ0n) is 14.9. The average Bonchev–Trinajstić information content (AvgIpc) is 3.11. The zero-order chi connectivity index (χ0) is 19.1. The van der Waals surface area contributed by atoms with Crippen molar-refractivity contribution in [3.8, 4) is 5.75 Å². The van der Waals surface area contributed by atoms with Gasteiger partial charge in [0.2, 0.25) is 5.91 Å². The summed E-state index contributed by atoms with van der Waals surface area (Å²) in [6.45, 7) is 2.21. The fourth-order valence-electron chi connectivity index (χ4n) is 3.00. The number of rotatable bonds is 7. The Labute approximate surface area is 152 Å². The van der Waals surface area contributed by atoms with Gasteiger partial charge < -0.3 is 24.8 Å². The van der Waals surface area contributed by atoms with E-state index in [9.17, 15) is 19.5 Å². The first-order valence-corrected chi connectivity index (χ1v) is 8.55. The Bertz CT molecular complexity index is 646. The van der Waals surface area contributed by atoms with E-state index < -0.39 is 30.1 Å². The van der Waals surface area contributed by atoms with E-state index in [1.807, 2.05) is 0 Å². The minimum atomic E-state index is -1.03. The van der Waals surface area contributed by atoms with Gasteiger partial charge in [0, 0.05) is 13.0 Å². The first kappa shape index (κ1) is 19.6. The molecule has 1 aliphatic rings. The van der Waals surface area contributed by atoms with Crippen molar-refractivity contribution in [1.82, 2.24) is 10.2 Å². The number of carboxylic acid groups (broad SMARTS) is 1. The van der Waals surface area contributed by atoms with Crippen LogP contribution in [-0.2, 0) is 20.7 Å². The van der Waals surface area contributed by atoms with Crippen molar-refractivity contribution in [2.24, 2.45) is 0 Å². The normalized spacial score (nSPS) is 17.5. The van der Waals surface area contributed by atoms with Crippen LogP contribution in [0.15, 0.2) is 24.3 Å². The molecule has 0 unspecified atom stereocenters. The Balaban J connectivity index is 2.17. The molecule has 2 amide bonds. The van der Waals surface area contributed by atoms with Crippen molar-refractivity contribution >= 4 is 18.0 Å². The van der Waals surface area contributed by atoms with Crippen molar-refractivity contribution in [1.29, 1.82) is 0 Å². The third-order valence-electron chi connectivity index (χ3n) is 4.29. The maximum atomic E-state index is 12.9. The quantitative estimate of drug-likeness (QED) is 0.758. The number of hydrogen-bond donors (Lipinski definition) is 2. The van der Waals surface area contributed by atoms with E-state index in [1.54, 1.807) is 38.3 Å². The van der Waals surface area contributed by atoms with Gasteiger partial charge in [0.15, 0.2) is 0 Å². The number of alkyl carbamates (subject to hydrolysis) is 1. The summed E-state index contributed by atoms with van der Waals surface area (Å²) in [7, 11) is 1.56. The van der Waals surface area contributed by atoms with Gasteiger partial charge in [-0.1, -0.05) is 12.1 Å². The molecule has 0 aromatic heterocycles. The summed E-state index contributed by atoms with van der Waals surface area (Å²) in [5, 5.41) is 11.9. The SMILES string of the molecule is CCOC(=O)N[C@H](Cc1ccc(OC)cc1)C(=O)N1CCC[C@H]1C(=O)O. The van der Waals surface area contributed by atoms with Crippen molar-refractivity contribution in [2.75, 3.05) is 20.3 Å². The molecule has 1 fully saturated rings. The van der Waals surface area contributed by atoms with Gasteiger partial charge in [0.25, 0.3) is 0 Å². The minimum Gasteiger partial charge on any atom is -0.497 e. The van der Waals surface area contributed by atoms with Crippen LogP contribution >= 0.6 is 0 Å². The predicted molar refractivity (Wildman–Crippen MR) is 93.0 cm³/mol. The predicted octanol–water partition coefficient (Wildman–Crippen LogP) is 1.43. The van der Waals surface area contributed by atoms with E-state index in [2.05, 4.69) is 5.32 Å². The molecule has 8 nitrogen and oxygen atoms in total. The summed E-state index contributed by atoms with van der Waals surface area (Å²) >= 11 is 0. The summed E-state index contributed by atoms with van der Waals surface area (Å²) in [5.41, 5.74) is 0.812. The fraction of sp³-hybridized carbons (Fsp3) is 0.500. The number of hydrogen-bond acceptors (Lipinski definition) is 5. The molecular weight excluding hydrogens is 340 g/mol. The third kappa shape index (κ3) is 4.87. The molecule has 1 aromatic carbocycles. The van der Waals surface area contributed by atoms with Crippen LogP contribution in [0, 0.1) is 0 Å². The van der Waals surface area contributed by atoms with Gasteiger partial charge in [-0.15, -0.1) is 0 Å². The maximum Gasteiger partial charge on any atom is 0.407 e. The highest BCUT2D eigenvalue weighted by Crippen LogP contribution is 2.20. The molecule has 1 aliphatic heterocycles. The van der Waals surface area contributed by atoms with Gasteiger partial charge in [-0.3, -0.25) is 4.79 Å². The summed E-state index contributed by atoms with van der Waals surface area (Å²) in [5.74, 6) is -0.769. The Hall–Kier alpha value is -2.77. The number of aliphatic carboxylic acids is 1. The average molecular weight is 364 g/mol. The lowest BCUT2D eigenvalue weighted by Crippen LogP contribution is -2.52. The van der Waals surface area contributed by atoms with Gasteiger partial charge in [0.1, 0.15) is 17.8 Å². The number of methoxy groups -OCH3 is 1. The van der Waals surface area contributed by atoms with Gasteiger partial charge in [0.05, 0.1) is 13.7 Å². The molecule has 2 atom stereocenters. The Morgan fingerprint density at radius 2 is 2.00 bits per heavy atom. The lowest BCUT2D eigenvalue weighted by atomic mass is 10.0.